The zero-order valence-electron chi connectivity index (χ0n) is 10.8. The van der Waals surface area contributed by atoms with Gasteiger partial charge in [0.2, 0.25) is 5.91 Å². The molecule has 1 atom stereocenters. The van der Waals surface area contributed by atoms with E-state index in [1.165, 1.54) is 0 Å². The Bertz CT molecular complexity index is 302. The van der Waals surface area contributed by atoms with E-state index in [1.807, 2.05) is 4.90 Å². The van der Waals surface area contributed by atoms with Gasteiger partial charge >= 0.3 is 0 Å². The van der Waals surface area contributed by atoms with Crippen molar-refractivity contribution in [1.82, 2.24) is 4.90 Å². The van der Waals surface area contributed by atoms with Crippen LogP contribution in [0.1, 0.15) is 40.5 Å². The van der Waals surface area contributed by atoms with Crippen molar-refractivity contribution in [2.45, 2.75) is 40.5 Å². The lowest BCUT2D eigenvalue weighted by molar-refractivity contribution is -0.133. The van der Waals surface area contributed by atoms with Gasteiger partial charge in [-0.15, -0.1) is 0 Å². The summed E-state index contributed by atoms with van der Waals surface area (Å²) in [5.74, 6) is 0.892. The van der Waals surface area contributed by atoms with Crippen LogP contribution in [0.3, 0.4) is 0 Å². The standard InChI is InChI=1S/C13H22N2O/c1-10(2)9-15(7-5-6-14)12(16)11-8-13(11,3)4/h10-11H,5,7-9H2,1-4H3. The van der Waals surface area contributed by atoms with Crippen molar-refractivity contribution in [1.29, 1.82) is 5.26 Å². The molecule has 0 spiro atoms. The molecule has 0 N–H and O–H groups in total. The van der Waals surface area contributed by atoms with E-state index in [4.69, 9.17) is 5.26 Å². The molecule has 1 fully saturated rings. The van der Waals surface area contributed by atoms with Gasteiger partial charge in [0.1, 0.15) is 0 Å². The Kier molecular flexibility index (Phi) is 3.96. The molecule has 90 valence electrons. The highest BCUT2D eigenvalue weighted by molar-refractivity contribution is 5.82. The fraction of sp³-hybridized carbons (Fsp3) is 0.846. The fourth-order valence-corrected chi connectivity index (χ4v) is 2.03. The van der Waals surface area contributed by atoms with Gasteiger partial charge < -0.3 is 4.90 Å². The summed E-state index contributed by atoms with van der Waals surface area (Å²) in [5, 5.41) is 8.60. The van der Waals surface area contributed by atoms with Gasteiger partial charge in [-0.1, -0.05) is 27.7 Å². The van der Waals surface area contributed by atoms with E-state index < -0.39 is 0 Å². The molecule has 0 saturated heterocycles. The monoisotopic (exact) mass is 222 g/mol. The largest absolute Gasteiger partial charge is 0.341 e. The second-order valence-corrected chi connectivity index (χ2v) is 5.83. The maximum absolute atomic E-state index is 12.2. The van der Waals surface area contributed by atoms with Crippen LogP contribution < -0.4 is 0 Å². The summed E-state index contributed by atoms with van der Waals surface area (Å²) in [5.41, 5.74) is 0.180. The molecule has 0 bridgehead atoms. The van der Waals surface area contributed by atoms with Crippen molar-refractivity contribution < 1.29 is 4.79 Å². The van der Waals surface area contributed by atoms with Crippen LogP contribution >= 0.6 is 0 Å². The molecule has 3 heteroatoms. The quantitative estimate of drug-likeness (QED) is 0.717. The zero-order valence-corrected chi connectivity index (χ0v) is 10.8. The molecule has 1 saturated carbocycles. The molecule has 0 aliphatic heterocycles. The number of carbonyl (C=O) groups is 1. The predicted octanol–water partition coefficient (Wildman–Crippen LogP) is 2.43. The minimum Gasteiger partial charge on any atom is -0.341 e. The van der Waals surface area contributed by atoms with Gasteiger partial charge in [-0.05, 0) is 17.8 Å². The van der Waals surface area contributed by atoms with Gasteiger partial charge in [-0.3, -0.25) is 4.79 Å². The van der Waals surface area contributed by atoms with Crippen LogP contribution in [-0.4, -0.2) is 23.9 Å². The van der Waals surface area contributed by atoms with Crippen molar-refractivity contribution in [2.75, 3.05) is 13.1 Å². The number of carbonyl (C=O) groups excluding carboxylic acids is 1. The molecule has 0 aromatic carbocycles. The number of hydrogen-bond donors (Lipinski definition) is 0. The molecule has 0 aromatic rings. The van der Waals surface area contributed by atoms with Gasteiger partial charge in [-0.25, -0.2) is 0 Å². The molecule has 1 rings (SSSR count). The number of nitrogens with zero attached hydrogens (tertiary/aromatic N) is 2. The van der Waals surface area contributed by atoms with E-state index in [9.17, 15) is 4.79 Å². The third kappa shape index (κ3) is 3.23. The molecular formula is C13H22N2O. The number of hydrogen-bond acceptors (Lipinski definition) is 2. The number of rotatable bonds is 5. The smallest absolute Gasteiger partial charge is 0.226 e. The van der Waals surface area contributed by atoms with Crippen LogP contribution in [0.4, 0.5) is 0 Å². The normalized spacial score (nSPS) is 21.6. The maximum Gasteiger partial charge on any atom is 0.226 e. The van der Waals surface area contributed by atoms with E-state index in [1.54, 1.807) is 0 Å². The van der Waals surface area contributed by atoms with E-state index in [2.05, 4.69) is 33.8 Å². The van der Waals surface area contributed by atoms with E-state index in [0.717, 1.165) is 13.0 Å². The summed E-state index contributed by atoms with van der Waals surface area (Å²) in [6.07, 6.45) is 1.43. The summed E-state index contributed by atoms with van der Waals surface area (Å²) in [4.78, 5) is 14.0. The molecule has 1 amide bonds. The summed E-state index contributed by atoms with van der Waals surface area (Å²) in [6.45, 7) is 9.82. The first-order valence-electron chi connectivity index (χ1n) is 6.04. The predicted molar refractivity (Wildman–Crippen MR) is 63.5 cm³/mol. The Balaban J connectivity index is 2.55. The van der Waals surface area contributed by atoms with Crippen LogP contribution in [0, 0.1) is 28.6 Å². The Morgan fingerprint density at radius 2 is 2.12 bits per heavy atom. The van der Waals surface area contributed by atoms with Gasteiger partial charge in [0, 0.05) is 19.0 Å². The minimum absolute atomic E-state index is 0.180. The van der Waals surface area contributed by atoms with Crippen LogP contribution in [0.2, 0.25) is 0 Å². The number of amides is 1. The first-order valence-corrected chi connectivity index (χ1v) is 6.04. The summed E-state index contributed by atoms with van der Waals surface area (Å²) < 4.78 is 0. The second kappa shape index (κ2) is 4.86. The molecule has 0 heterocycles. The molecule has 3 nitrogen and oxygen atoms in total. The molecule has 0 radical (unpaired) electrons. The van der Waals surface area contributed by atoms with Crippen molar-refractivity contribution in [3.8, 4) is 6.07 Å². The van der Waals surface area contributed by atoms with Crippen molar-refractivity contribution >= 4 is 5.91 Å². The minimum atomic E-state index is 0.180. The van der Waals surface area contributed by atoms with E-state index >= 15 is 0 Å². The Morgan fingerprint density at radius 3 is 2.50 bits per heavy atom. The zero-order chi connectivity index (χ0) is 12.3. The molecule has 1 aliphatic carbocycles. The third-order valence-electron chi connectivity index (χ3n) is 3.20. The van der Waals surface area contributed by atoms with E-state index in [0.29, 0.717) is 18.9 Å². The van der Waals surface area contributed by atoms with Crippen LogP contribution in [0.15, 0.2) is 0 Å². The lowest BCUT2D eigenvalue weighted by atomic mass is 10.1. The van der Waals surface area contributed by atoms with Crippen molar-refractivity contribution in [3.05, 3.63) is 0 Å². The summed E-state index contributed by atoms with van der Waals surface area (Å²) >= 11 is 0. The summed E-state index contributed by atoms with van der Waals surface area (Å²) in [6, 6.07) is 2.11. The highest BCUT2D eigenvalue weighted by atomic mass is 16.2. The Morgan fingerprint density at radius 1 is 1.56 bits per heavy atom. The molecule has 1 unspecified atom stereocenters. The van der Waals surface area contributed by atoms with Crippen LogP contribution in [-0.2, 0) is 4.79 Å². The Labute approximate surface area is 98.4 Å². The average Bonchev–Trinajstić information content (AvgIpc) is 2.80. The van der Waals surface area contributed by atoms with Gasteiger partial charge in [0.05, 0.1) is 12.5 Å². The van der Waals surface area contributed by atoms with Crippen molar-refractivity contribution in [2.24, 2.45) is 17.3 Å². The lowest BCUT2D eigenvalue weighted by Crippen LogP contribution is -2.36. The third-order valence-corrected chi connectivity index (χ3v) is 3.20. The van der Waals surface area contributed by atoms with Gasteiger partial charge in [0.15, 0.2) is 0 Å². The first-order chi connectivity index (χ1) is 7.38. The fourth-order valence-electron chi connectivity index (χ4n) is 2.03. The molecule has 0 aromatic heterocycles. The number of nitriles is 1. The Hall–Kier alpha value is -1.04. The van der Waals surface area contributed by atoms with E-state index in [-0.39, 0.29) is 17.2 Å². The first kappa shape index (κ1) is 13.0. The van der Waals surface area contributed by atoms with Crippen LogP contribution in [0.25, 0.3) is 0 Å². The van der Waals surface area contributed by atoms with Gasteiger partial charge in [-0.2, -0.15) is 5.26 Å². The average molecular weight is 222 g/mol. The van der Waals surface area contributed by atoms with Gasteiger partial charge in [0.25, 0.3) is 0 Å². The highest BCUT2D eigenvalue weighted by Gasteiger charge is 2.51. The molecule has 16 heavy (non-hydrogen) atoms. The summed E-state index contributed by atoms with van der Waals surface area (Å²) in [7, 11) is 0. The topological polar surface area (TPSA) is 44.1 Å². The van der Waals surface area contributed by atoms with Crippen LogP contribution in [0.5, 0.6) is 0 Å². The van der Waals surface area contributed by atoms with Crippen molar-refractivity contribution in [3.63, 3.8) is 0 Å². The second-order valence-electron chi connectivity index (χ2n) is 5.83. The highest BCUT2D eigenvalue weighted by Crippen LogP contribution is 2.52. The molecule has 1 aliphatic rings. The lowest BCUT2D eigenvalue weighted by Gasteiger charge is -2.24. The maximum atomic E-state index is 12.2. The molecular weight excluding hydrogens is 200 g/mol. The SMILES string of the molecule is CC(C)CN(CCC#N)C(=O)C1CC1(C)C.